The van der Waals surface area contributed by atoms with Gasteiger partial charge in [0.1, 0.15) is 17.5 Å². The molecule has 9 rings (SSSR count). The van der Waals surface area contributed by atoms with Crippen LogP contribution in [0.3, 0.4) is 0 Å². The molecule has 4 N–H and O–H groups in total. The van der Waals surface area contributed by atoms with E-state index in [1.165, 1.54) is 20.1 Å². The molecule has 0 spiro atoms. The molecule has 3 aliphatic rings. The molecule has 5 amide bonds. The van der Waals surface area contributed by atoms with Crippen molar-refractivity contribution in [2.45, 2.75) is 52.5 Å². The largest absolute Gasteiger partial charge is 0.508 e. The lowest BCUT2D eigenvalue weighted by Gasteiger charge is -2.36. The Balaban J connectivity index is 0.956. The normalized spacial score (nSPS) is 16.4. The van der Waals surface area contributed by atoms with E-state index in [0.717, 1.165) is 5.69 Å². The second kappa shape index (κ2) is 16.3. The van der Waals surface area contributed by atoms with Gasteiger partial charge < -0.3 is 29.7 Å². The summed E-state index contributed by atoms with van der Waals surface area (Å²) in [6, 6.07) is 17.4. The number of carbonyl (C=O) groups is 5. The molecule has 5 heterocycles. The number of anilines is 1. The molecule has 2 aromatic heterocycles. The number of phenolic OH excluding ortho intramolecular Hbond substituents is 2. The van der Waals surface area contributed by atoms with Gasteiger partial charge in [-0.05, 0) is 85.8 Å². The SMILES string of the molecule is C=C1c2cccc(-n3c(=O)oc4c(C)cc(N5CCN(C(=O)c6ccc(-n7c(C(=O)NCC)nnc7-c7cc(C(C)C)c(O)cc7O)cc6)CC5)cc43)c2C(=O)N1C1CCC(=O)NC1=O. The first-order chi connectivity index (χ1) is 31.2. The maximum Gasteiger partial charge on any atom is 0.424 e. The van der Waals surface area contributed by atoms with Gasteiger partial charge in [-0.1, -0.05) is 32.6 Å². The molecule has 6 aromatic rings. The average Bonchev–Trinajstić information content (AvgIpc) is 3.95. The number of oxazole rings is 1. The highest BCUT2D eigenvalue weighted by Gasteiger charge is 2.43. The van der Waals surface area contributed by atoms with Crippen molar-refractivity contribution in [2.24, 2.45) is 0 Å². The number of phenols is 2. The van der Waals surface area contributed by atoms with Crippen molar-refractivity contribution in [2.75, 3.05) is 37.6 Å². The number of aryl methyl sites for hydroxylation is 1. The zero-order valence-corrected chi connectivity index (χ0v) is 36.0. The van der Waals surface area contributed by atoms with Crippen LogP contribution in [-0.2, 0) is 9.59 Å². The number of hydrogen-bond acceptors (Lipinski definition) is 12. The van der Waals surface area contributed by atoms with Crippen molar-refractivity contribution in [3.63, 3.8) is 0 Å². The molecule has 4 aromatic carbocycles. The van der Waals surface area contributed by atoms with E-state index in [-0.39, 0.29) is 64.6 Å². The molecular weight excluding hydrogens is 835 g/mol. The second-order valence-corrected chi connectivity index (χ2v) is 16.6. The Kier molecular flexibility index (Phi) is 10.6. The zero-order chi connectivity index (χ0) is 46.0. The molecule has 0 saturated carbocycles. The number of carbonyl (C=O) groups excluding carboxylic acids is 5. The third kappa shape index (κ3) is 7.16. The van der Waals surface area contributed by atoms with Crippen molar-refractivity contribution in [1.29, 1.82) is 0 Å². The number of aromatic hydroxyl groups is 2. The van der Waals surface area contributed by atoms with Crippen LogP contribution in [0.25, 0.3) is 39.6 Å². The van der Waals surface area contributed by atoms with Crippen LogP contribution in [0, 0.1) is 6.92 Å². The number of benzene rings is 4. The minimum absolute atomic E-state index is 0.0278. The first-order valence-corrected chi connectivity index (χ1v) is 21.3. The second-order valence-electron chi connectivity index (χ2n) is 16.6. The first-order valence-electron chi connectivity index (χ1n) is 21.3. The number of fused-ring (bicyclic) bond motifs is 2. The maximum absolute atomic E-state index is 14.1. The third-order valence-corrected chi connectivity index (χ3v) is 12.2. The summed E-state index contributed by atoms with van der Waals surface area (Å²) in [5.74, 6) is -3.15. The minimum Gasteiger partial charge on any atom is -0.508 e. The molecule has 18 heteroatoms. The number of nitrogens with one attached hydrogen (secondary N) is 2. The lowest BCUT2D eigenvalue weighted by Crippen LogP contribution is -2.52. The monoisotopic (exact) mass is 879 g/mol. The Morgan fingerprint density at radius 3 is 2.34 bits per heavy atom. The van der Waals surface area contributed by atoms with Crippen LogP contribution in [-0.4, -0.2) is 108 Å². The number of piperidine rings is 1. The van der Waals surface area contributed by atoms with Crippen molar-refractivity contribution >= 4 is 52.0 Å². The highest BCUT2D eigenvalue weighted by molar-refractivity contribution is 6.14. The molecule has 65 heavy (non-hydrogen) atoms. The fourth-order valence-corrected chi connectivity index (χ4v) is 8.93. The van der Waals surface area contributed by atoms with Crippen LogP contribution < -0.4 is 21.3 Å². The quantitative estimate of drug-likeness (QED) is 0.146. The number of piperazine rings is 1. The summed E-state index contributed by atoms with van der Waals surface area (Å²) in [6.45, 7) is 13.5. The van der Waals surface area contributed by atoms with Gasteiger partial charge in [-0.25, -0.2) is 9.36 Å². The molecule has 2 fully saturated rings. The molecule has 332 valence electrons. The van der Waals surface area contributed by atoms with Gasteiger partial charge in [0.05, 0.1) is 22.3 Å². The predicted octanol–water partition coefficient (Wildman–Crippen LogP) is 4.62. The number of rotatable bonds is 9. The number of nitrogens with zero attached hydrogens (tertiary/aromatic N) is 7. The molecule has 18 nitrogen and oxygen atoms in total. The van der Waals surface area contributed by atoms with Gasteiger partial charge in [0, 0.05) is 73.4 Å². The van der Waals surface area contributed by atoms with E-state index in [9.17, 15) is 39.0 Å². The number of hydrogen-bond donors (Lipinski definition) is 4. The van der Waals surface area contributed by atoms with Crippen LogP contribution in [0.15, 0.2) is 82.5 Å². The van der Waals surface area contributed by atoms with Gasteiger partial charge in [0.15, 0.2) is 11.4 Å². The highest BCUT2D eigenvalue weighted by atomic mass is 16.4. The average molecular weight is 880 g/mol. The van der Waals surface area contributed by atoms with Gasteiger partial charge >= 0.3 is 5.76 Å². The number of aromatic nitrogens is 4. The first kappa shape index (κ1) is 42.3. The van der Waals surface area contributed by atoms with Crippen LogP contribution in [0.1, 0.15) is 87.6 Å². The minimum atomic E-state index is -0.932. The molecule has 0 bridgehead atoms. The van der Waals surface area contributed by atoms with Crippen LogP contribution in [0.5, 0.6) is 11.5 Å². The Bertz CT molecular complexity index is 3060. The van der Waals surface area contributed by atoms with Gasteiger partial charge in [0.2, 0.25) is 17.6 Å². The van der Waals surface area contributed by atoms with Gasteiger partial charge in [-0.3, -0.25) is 38.8 Å². The van der Waals surface area contributed by atoms with E-state index in [4.69, 9.17) is 4.42 Å². The number of imide groups is 1. The summed E-state index contributed by atoms with van der Waals surface area (Å²) < 4.78 is 8.62. The van der Waals surface area contributed by atoms with E-state index in [0.29, 0.717) is 77.5 Å². The summed E-state index contributed by atoms with van der Waals surface area (Å²) in [4.78, 5) is 84.7. The summed E-state index contributed by atoms with van der Waals surface area (Å²) >= 11 is 0. The molecule has 2 saturated heterocycles. The summed E-state index contributed by atoms with van der Waals surface area (Å²) in [5, 5.41) is 34.9. The summed E-state index contributed by atoms with van der Waals surface area (Å²) in [5.41, 5.74) is 5.18. The van der Waals surface area contributed by atoms with Crippen LogP contribution >= 0.6 is 0 Å². The van der Waals surface area contributed by atoms with Crippen molar-refractivity contribution in [3.05, 3.63) is 118 Å². The smallest absolute Gasteiger partial charge is 0.424 e. The Morgan fingerprint density at radius 2 is 1.65 bits per heavy atom. The Hall–Kier alpha value is -8.02. The number of amides is 5. The summed E-state index contributed by atoms with van der Waals surface area (Å²) in [7, 11) is 0. The van der Waals surface area contributed by atoms with E-state index < -0.39 is 35.4 Å². The fraction of sp³-hybridized carbons (Fsp3) is 0.277. The van der Waals surface area contributed by atoms with Gasteiger partial charge in [0.25, 0.3) is 17.7 Å². The van der Waals surface area contributed by atoms with E-state index in [1.54, 1.807) is 60.4 Å². The molecular formula is C47H45N9O9. The van der Waals surface area contributed by atoms with E-state index >= 15 is 0 Å². The standard InChI is InChI=1S/C47H45N9O9/c1-6-48-44(61)42-51-50-41(32-22-31(24(2)3)36(57)23-37(32)58)55(42)28-12-10-27(11-13-28)45(62)53-18-16-52(17-19-53)29-20-25(4)40-35(21-29)56(47(64)65-40)33-9-7-8-30-26(5)54(46(63)39(30)33)34-14-15-38(59)49-43(34)60/h7-13,20-24,34,57-58H,5-6,14-19H2,1-4H3,(H,48,61)(H,49,59,60). The third-order valence-electron chi connectivity index (χ3n) is 12.2. The predicted molar refractivity (Wildman–Crippen MR) is 238 cm³/mol. The highest BCUT2D eigenvalue weighted by Crippen LogP contribution is 2.40. The van der Waals surface area contributed by atoms with Gasteiger partial charge in [-0.2, -0.15) is 0 Å². The van der Waals surface area contributed by atoms with Gasteiger partial charge in [-0.15, -0.1) is 10.2 Å². The molecule has 0 radical (unpaired) electrons. The van der Waals surface area contributed by atoms with Crippen LogP contribution in [0.4, 0.5) is 5.69 Å². The molecule has 3 aliphatic heterocycles. The molecule has 0 aliphatic carbocycles. The molecule has 1 unspecified atom stereocenters. The van der Waals surface area contributed by atoms with Crippen molar-refractivity contribution < 1.29 is 38.6 Å². The van der Waals surface area contributed by atoms with Crippen molar-refractivity contribution in [1.82, 2.24) is 39.8 Å². The van der Waals surface area contributed by atoms with E-state index in [2.05, 4.69) is 32.3 Å². The maximum atomic E-state index is 14.1. The molecule has 1 atom stereocenters. The topological polar surface area (TPSA) is 225 Å². The lowest BCUT2D eigenvalue weighted by molar-refractivity contribution is -0.136. The summed E-state index contributed by atoms with van der Waals surface area (Å²) in [6.07, 6.45) is 0.215. The van der Waals surface area contributed by atoms with Crippen LogP contribution in [0.2, 0.25) is 0 Å². The zero-order valence-electron chi connectivity index (χ0n) is 36.0. The lowest BCUT2D eigenvalue weighted by atomic mass is 9.98. The van der Waals surface area contributed by atoms with Crippen molar-refractivity contribution in [3.8, 4) is 34.3 Å². The Morgan fingerprint density at radius 1 is 0.908 bits per heavy atom. The van der Waals surface area contributed by atoms with E-state index in [1.807, 2.05) is 32.9 Å². The Labute approximate surface area is 371 Å². The fourth-order valence-electron chi connectivity index (χ4n) is 8.93.